The van der Waals surface area contributed by atoms with E-state index in [0.29, 0.717) is 0 Å². The van der Waals surface area contributed by atoms with Crippen LogP contribution in [0.5, 0.6) is 0 Å². The molecule has 0 aliphatic carbocycles. The van der Waals surface area contributed by atoms with E-state index in [2.05, 4.69) is 24.5 Å². The molecule has 0 amide bonds. The Labute approximate surface area is 107 Å². The van der Waals surface area contributed by atoms with Crippen LogP contribution in [0.15, 0.2) is 0 Å². The zero-order valence-corrected chi connectivity index (χ0v) is 11.9. The predicted molar refractivity (Wildman–Crippen MR) is 76.4 cm³/mol. The Morgan fingerprint density at radius 2 is 1.94 bits per heavy atom. The monoisotopic (exact) mass is 243 g/mol. The maximum atomic E-state index is 4.26. The molecule has 1 heterocycles. The fourth-order valence-electron chi connectivity index (χ4n) is 2.79. The highest BCUT2D eigenvalue weighted by molar-refractivity contribution is 7.80. The highest BCUT2D eigenvalue weighted by Gasteiger charge is 2.20. The van der Waals surface area contributed by atoms with E-state index < -0.39 is 0 Å². The molecule has 1 atom stereocenters. The van der Waals surface area contributed by atoms with Crippen LogP contribution in [0.2, 0.25) is 0 Å². The molecule has 0 aromatic carbocycles. The molecule has 0 bridgehead atoms. The summed E-state index contributed by atoms with van der Waals surface area (Å²) in [5.74, 6) is 1.06. The molecule has 16 heavy (non-hydrogen) atoms. The molecule has 1 rings (SSSR count). The predicted octanol–water partition coefficient (Wildman–Crippen LogP) is 4.13. The van der Waals surface area contributed by atoms with Crippen LogP contribution in [0.3, 0.4) is 0 Å². The van der Waals surface area contributed by atoms with Gasteiger partial charge in [0.15, 0.2) is 0 Å². The number of hydrogen-bond acceptors (Lipinski definition) is 2. The fourth-order valence-corrected chi connectivity index (χ4v) is 3.02. The van der Waals surface area contributed by atoms with Crippen molar-refractivity contribution in [1.29, 1.82) is 0 Å². The van der Waals surface area contributed by atoms with Crippen LogP contribution in [0.4, 0.5) is 0 Å². The van der Waals surface area contributed by atoms with Gasteiger partial charge in [-0.25, -0.2) is 0 Å². The molecule has 2 heteroatoms. The summed E-state index contributed by atoms with van der Waals surface area (Å²) in [5.41, 5.74) is 0. The van der Waals surface area contributed by atoms with Gasteiger partial charge >= 0.3 is 0 Å². The Bertz CT molecular complexity index is 159. The van der Waals surface area contributed by atoms with E-state index in [-0.39, 0.29) is 0 Å². The second kappa shape index (κ2) is 9.35. The molecule has 1 nitrogen and oxygen atoms in total. The summed E-state index contributed by atoms with van der Waals surface area (Å²) >= 11 is 4.26. The van der Waals surface area contributed by atoms with Crippen molar-refractivity contribution in [1.82, 2.24) is 4.90 Å². The van der Waals surface area contributed by atoms with Gasteiger partial charge in [-0.2, -0.15) is 12.6 Å². The molecule has 0 N–H and O–H groups in total. The van der Waals surface area contributed by atoms with E-state index in [1.165, 1.54) is 70.9 Å². The largest absolute Gasteiger partial charge is 0.300 e. The Kier molecular flexibility index (Phi) is 8.40. The van der Waals surface area contributed by atoms with Crippen LogP contribution in [-0.2, 0) is 0 Å². The Hall–Kier alpha value is 0.310. The normalized spacial score (nSPS) is 22.5. The average Bonchev–Trinajstić information content (AvgIpc) is 2.31. The molecule has 0 saturated carbocycles. The molecule has 0 spiro atoms. The first-order valence-corrected chi connectivity index (χ1v) is 7.86. The average molecular weight is 243 g/mol. The van der Waals surface area contributed by atoms with E-state index in [1.54, 1.807) is 0 Å². The Balaban J connectivity index is 2.11. The van der Waals surface area contributed by atoms with Gasteiger partial charge in [0, 0.05) is 6.04 Å². The molecule has 1 aliphatic heterocycles. The van der Waals surface area contributed by atoms with E-state index in [4.69, 9.17) is 0 Å². The third-order valence-corrected chi connectivity index (χ3v) is 4.04. The molecular weight excluding hydrogens is 214 g/mol. The van der Waals surface area contributed by atoms with Gasteiger partial charge in [0.05, 0.1) is 0 Å². The third-order valence-electron chi connectivity index (χ3n) is 3.72. The molecule has 1 unspecified atom stereocenters. The maximum Gasteiger partial charge on any atom is 0.00951 e. The third kappa shape index (κ3) is 5.58. The number of nitrogens with zero attached hydrogens (tertiary/aromatic N) is 1. The van der Waals surface area contributed by atoms with E-state index in [0.717, 1.165) is 11.8 Å². The first kappa shape index (κ1) is 14.4. The zero-order valence-electron chi connectivity index (χ0n) is 11.0. The van der Waals surface area contributed by atoms with Crippen molar-refractivity contribution in [3.05, 3.63) is 0 Å². The van der Waals surface area contributed by atoms with Crippen LogP contribution >= 0.6 is 12.6 Å². The number of hydrogen-bond donors (Lipinski definition) is 1. The van der Waals surface area contributed by atoms with Crippen molar-refractivity contribution in [3.63, 3.8) is 0 Å². The lowest BCUT2D eigenvalue weighted by atomic mass is 9.98. The van der Waals surface area contributed by atoms with Crippen molar-refractivity contribution in [3.8, 4) is 0 Å². The summed E-state index contributed by atoms with van der Waals surface area (Å²) in [6.45, 7) is 5.02. The van der Waals surface area contributed by atoms with Crippen molar-refractivity contribution in [2.75, 3.05) is 18.8 Å². The number of piperidine rings is 1. The minimum absolute atomic E-state index is 0.906. The lowest BCUT2D eigenvalue weighted by Crippen LogP contribution is -2.39. The van der Waals surface area contributed by atoms with Crippen molar-refractivity contribution < 1.29 is 0 Å². The maximum absolute atomic E-state index is 4.26. The molecule has 0 aromatic heterocycles. The molecule has 0 aromatic rings. The van der Waals surface area contributed by atoms with Gasteiger partial charge in [0.2, 0.25) is 0 Å². The van der Waals surface area contributed by atoms with Crippen LogP contribution in [0, 0.1) is 0 Å². The second-order valence-corrected chi connectivity index (χ2v) is 5.56. The lowest BCUT2D eigenvalue weighted by molar-refractivity contribution is 0.137. The molecule has 1 saturated heterocycles. The first-order chi connectivity index (χ1) is 7.88. The number of thiol groups is 1. The van der Waals surface area contributed by atoms with Crippen molar-refractivity contribution in [2.45, 2.75) is 70.8 Å². The van der Waals surface area contributed by atoms with Gasteiger partial charge in [0.25, 0.3) is 0 Å². The first-order valence-electron chi connectivity index (χ1n) is 7.23. The number of likely N-dealkylation sites (tertiary alicyclic amines) is 1. The highest BCUT2D eigenvalue weighted by atomic mass is 32.1. The Morgan fingerprint density at radius 3 is 2.69 bits per heavy atom. The molecular formula is C14H29NS. The minimum atomic E-state index is 0.906. The summed E-state index contributed by atoms with van der Waals surface area (Å²) < 4.78 is 0. The van der Waals surface area contributed by atoms with Crippen LogP contribution < -0.4 is 0 Å². The van der Waals surface area contributed by atoms with Crippen LogP contribution in [0.1, 0.15) is 64.7 Å². The second-order valence-electron chi connectivity index (χ2n) is 5.11. The lowest BCUT2D eigenvalue weighted by Gasteiger charge is -2.35. The van der Waals surface area contributed by atoms with Gasteiger partial charge < -0.3 is 4.90 Å². The quantitative estimate of drug-likeness (QED) is 0.495. The van der Waals surface area contributed by atoms with Crippen molar-refractivity contribution >= 4 is 12.6 Å². The topological polar surface area (TPSA) is 3.24 Å². The zero-order chi connectivity index (χ0) is 11.6. The standard InChI is InChI=1S/C14H29NS/c1-2-9-14-10-5-7-12-15(14)11-6-3-4-8-13-16/h14,16H,2-13H2,1H3. The summed E-state index contributed by atoms with van der Waals surface area (Å²) in [7, 11) is 0. The summed E-state index contributed by atoms with van der Waals surface area (Å²) in [6.07, 6.45) is 12.6. The van der Waals surface area contributed by atoms with E-state index >= 15 is 0 Å². The highest BCUT2D eigenvalue weighted by Crippen LogP contribution is 2.21. The SMILES string of the molecule is CCCC1CCCCN1CCCCCCS. The fraction of sp³-hybridized carbons (Fsp3) is 1.00. The van der Waals surface area contributed by atoms with E-state index in [9.17, 15) is 0 Å². The van der Waals surface area contributed by atoms with Crippen molar-refractivity contribution in [2.24, 2.45) is 0 Å². The smallest absolute Gasteiger partial charge is 0.00951 e. The van der Waals surface area contributed by atoms with Gasteiger partial charge in [-0.05, 0) is 50.9 Å². The van der Waals surface area contributed by atoms with Crippen LogP contribution in [-0.4, -0.2) is 29.8 Å². The van der Waals surface area contributed by atoms with Gasteiger partial charge in [-0.1, -0.05) is 32.6 Å². The summed E-state index contributed by atoms with van der Waals surface area (Å²) in [4.78, 5) is 2.76. The summed E-state index contributed by atoms with van der Waals surface area (Å²) in [6, 6.07) is 0.906. The minimum Gasteiger partial charge on any atom is -0.300 e. The summed E-state index contributed by atoms with van der Waals surface area (Å²) in [5, 5.41) is 0. The van der Waals surface area contributed by atoms with Crippen LogP contribution in [0.25, 0.3) is 0 Å². The Morgan fingerprint density at radius 1 is 1.12 bits per heavy atom. The molecule has 0 radical (unpaired) electrons. The molecule has 1 aliphatic rings. The van der Waals surface area contributed by atoms with Gasteiger partial charge in [0.1, 0.15) is 0 Å². The van der Waals surface area contributed by atoms with E-state index in [1.807, 2.05) is 0 Å². The number of rotatable bonds is 8. The number of unbranched alkanes of at least 4 members (excludes halogenated alkanes) is 3. The molecule has 96 valence electrons. The van der Waals surface area contributed by atoms with Gasteiger partial charge in [-0.15, -0.1) is 0 Å². The van der Waals surface area contributed by atoms with Gasteiger partial charge in [-0.3, -0.25) is 0 Å². The molecule has 1 fully saturated rings.